The van der Waals surface area contributed by atoms with Gasteiger partial charge < -0.3 is 9.47 Å². The van der Waals surface area contributed by atoms with Crippen LogP contribution in [-0.4, -0.2) is 47.9 Å². The first-order chi connectivity index (χ1) is 16.6. The molecule has 0 heterocycles. The fourth-order valence-electron chi connectivity index (χ4n) is 1.83. The minimum Gasteiger partial charge on any atom is -0.466 e. The van der Waals surface area contributed by atoms with Crippen LogP contribution in [0.5, 0.6) is 0 Å². The monoisotopic (exact) mass is 566 g/mol. The molecule has 0 fully saturated rings. The fourth-order valence-corrected chi connectivity index (χ4v) is 2.68. The molecule has 9 heteroatoms. The summed E-state index contributed by atoms with van der Waals surface area (Å²) in [5.41, 5.74) is -0.921. The molecule has 0 amide bonds. The Balaban J connectivity index is -0.000000471. The van der Waals surface area contributed by atoms with Crippen LogP contribution in [0.25, 0.3) is 0 Å². The van der Waals surface area contributed by atoms with Crippen molar-refractivity contribution in [3.63, 3.8) is 0 Å². The summed E-state index contributed by atoms with van der Waals surface area (Å²) in [5.74, 6) is -0.940. The number of carbonyl (C=O) groups is 4. The number of ketones is 2. The van der Waals surface area contributed by atoms with Gasteiger partial charge in [0.15, 0.2) is 0 Å². The zero-order valence-electron chi connectivity index (χ0n) is 26.0. The number of hydrogen-bond donors (Lipinski definition) is 0. The van der Waals surface area contributed by atoms with Gasteiger partial charge in [-0.25, -0.2) is 0 Å². The van der Waals surface area contributed by atoms with Crippen molar-refractivity contribution in [1.29, 1.82) is 0 Å². The number of Topliss-reactive ketones (excluding diaryl/α,β-unsaturated/α-hetero) is 2. The Morgan fingerprint density at radius 2 is 0.811 bits per heavy atom. The van der Waals surface area contributed by atoms with Crippen molar-refractivity contribution in [2.45, 2.75) is 134 Å². The van der Waals surface area contributed by atoms with E-state index in [-0.39, 0.29) is 35.6 Å². The van der Waals surface area contributed by atoms with E-state index in [1.165, 1.54) is 0 Å². The van der Waals surface area contributed by atoms with Crippen molar-refractivity contribution < 1.29 is 55.2 Å². The summed E-state index contributed by atoms with van der Waals surface area (Å²) in [6, 6.07) is 0. The smallest absolute Gasteiger partial charge is 0.313 e. The third-order valence-electron chi connectivity index (χ3n) is 5.19. The van der Waals surface area contributed by atoms with Gasteiger partial charge in [-0.2, -0.15) is 0 Å². The SMILES string of the molecule is CC(C)(C)[O][Ti][O]C(C)(C)C.CCOC(=O)CC(=O)C(C)(C)CC.CCOC(=O)CC(=O)C(C)(C)CC. The van der Waals surface area contributed by atoms with Gasteiger partial charge in [0, 0.05) is 10.8 Å². The third-order valence-corrected chi connectivity index (χ3v) is 7.37. The molecule has 218 valence electrons. The molecule has 8 nitrogen and oxygen atoms in total. The maximum absolute atomic E-state index is 11.5. The number of esters is 2. The summed E-state index contributed by atoms with van der Waals surface area (Å²) < 4.78 is 20.4. The van der Waals surface area contributed by atoms with Crippen LogP contribution in [0.3, 0.4) is 0 Å². The van der Waals surface area contributed by atoms with Gasteiger partial charge in [-0.3, -0.25) is 19.2 Å². The Morgan fingerprint density at radius 1 is 0.541 bits per heavy atom. The first-order valence-corrected chi connectivity index (χ1v) is 14.3. The van der Waals surface area contributed by atoms with Crippen molar-refractivity contribution in [2.24, 2.45) is 10.8 Å². The second-order valence-electron chi connectivity index (χ2n) is 11.8. The molecule has 0 aromatic heterocycles. The second-order valence-corrected chi connectivity index (χ2v) is 12.7. The minimum absolute atomic E-state index is 0.0477. The predicted molar refractivity (Wildman–Crippen MR) is 142 cm³/mol. The summed E-state index contributed by atoms with van der Waals surface area (Å²) in [4.78, 5) is 44.9. The molecule has 0 aliphatic rings. The fraction of sp³-hybridized carbons (Fsp3) is 0.857. The van der Waals surface area contributed by atoms with Gasteiger partial charge in [0.25, 0.3) is 0 Å². The largest absolute Gasteiger partial charge is 0.466 e. The standard InChI is InChI=1S/2C10H18O3.2C4H9O.Ti/c2*1-5-10(3,4)8(11)7-9(12)13-6-2;2*1-4(2,3)5;/h2*5-7H2,1-4H3;2*1-3H3;/q;;2*-1;+2. The van der Waals surface area contributed by atoms with Crippen LogP contribution < -0.4 is 0 Å². The van der Waals surface area contributed by atoms with E-state index in [4.69, 9.17) is 16.1 Å². The van der Waals surface area contributed by atoms with Gasteiger partial charge in [-0.1, -0.05) is 41.5 Å². The average molecular weight is 567 g/mol. The van der Waals surface area contributed by atoms with Gasteiger partial charge in [0.05, 0.1) is 13.2 Å². The normalized spacial score (nSPS) is 11.7. The summed E-state index contributed by atoms with van der Waals surface area (Å²) >= 11 is -0.681. The Kier molecular flexibility index (Phi) is 20.8. The van der Waals surface area contributed by atoms with Crippen molar-refractivity contribution in [2.75, 3.05) is 13.2 Å². The minimum atomic E-state index is -0.681. The number of ether oxygens (including phenoxy) is 2. The molecule has 37 heavy (non-hydrogen) atoms. The first kappa shape index (κ1) is 40.4. The van der Waals surface area contributed by atoms with Crippen LogP contribution >= 0.6 is 0 Å². The molecule has 0 aromatic carbocycles. The Bertz CT molecular complexity index is 627. The number of rotatable bonds is 12. The maximum atomic E-state index is 11.5. The maximum Gasteiger partial charge on any atom is 0.313 e. The molecule has 0 aliphatic heterocycles. The van der Waals surface area contributed by atoms with Crippen LogP contribution in [0, 0.1) is 10.8 Å². The van der Waals surface area contributed by atoms with Crippen LogP contribution in [0.2, 0.25) is 0 Å². The van der Waals surface area contributed by atoms with Gasteiger partial charge in [0.1, 0.15) is 24.4 Å². The molecule has 0 saturated heterocycles. The summed E-state index contributed by atoms with van der Waals surface area (Å²) in [7, 11) is 0. The average Bonchev–Trinajstić information content (AvgIpc) is 2.72. The van der Waals surface area contributed by atoms with Crippen LogP contribution in [0.4, 0.5) is 0 Å². The van der Waals surface area contributed by atoms with Crippen molar-refractivity contribution in [3.05, 3.63) is 0 Å². The van der Waals surface area contributed by atoms with E-state index in [2.05, 4.69) is 0 Å². The molecule has 0 bridgehead atoms. The summed E-state index contributed by atoms with van der Waals surface area (Å²) in [5, 5.41) is 0. The summed E-state index contributed by atoms with van der Waals surface area (Å²) in [6.07, 6.45) is 1.28. The van der Waals surface area contributed by atoms with Crippen molar-refractivity contribution >= 4 is 23.5 Å². The van der Waals surface area contributed by atoms with E-state index in [9.17, 15) is 19.2 Å². The van der Waals surface area contributed by atoms with E-state index in [0.29, 0.717) is 13.2 Å². The van der Waals surface area contributed by atoms with E-state index < -0.39 is 42.7 Å². The summed E-state index contributed by atoms with van der Waals surface area (Å²) in [6.45, 7) is 27.6. The van der Waals surface area contributed by atoms with E-state index in [1.54, 1.807) is 13.8 Å². The molecule has 0 atom stereocenters. The Morgan fingerprint density at radius 3 is 1.00 bits per heavy atom. The molecule has 0 spiro atoms. The van der Waals surface area contributed by atoms with Gasteiger partial charge >= 0.3 is 91.2 Å². The van der Waals surface area contributed by atoms with Crippen LogP contribution in [0.15, 0.2) is 0 Å². The molecule has 0 aromatic rings. The Labute approximate surface area is 236 Å². The quantitative estimate of drug-likeness (QED) is 0.151. The zero-order chi connectivity index (χ0) is 30.1. The molecule has 0 aliphatic carbocycles. The second kappa shape index (κ2) is 19.0. The van der Waals surface area contributed by atoms with E-state index in [1.807, 2.05) is 83.1 Å². The molecule has 0 radical (unpaired) electrons. The molecule has 0 unspecified atom stereocenters. The number of carbonyl (C=O) groups excluding carboxylic acids is 4. The molecule has 0 N–H and O–H groups in total. The third kappa shape index (κ3) is 25.0. The predicted octanol–water partition coefficient (Wildman–Crippen LogP) is 6.42. The van der Waals surface area contributed by atoms with Crippen LogP contribution in [0.1, 0.15) is 123 Å². The Hall–Kier alpha value is -1.09. The molecular formula is C28H54O8Ti. The first-order valence-electron chi connectivity index (χ1n) is 13.1. The molecule has 0 saturated carbocycles. The van der Waals surface area contributed by atoms with Gasteiger partial charge in [0.2, 0.25) is 0 Å². The molecular weight excluding hydrogens is 512 g/mol. The zero-order valence-corrected chi connectivity index (χ0v) is 27.6. The number of hydrogen-bond acceptors (Lipinski definition) is 8. The van der Waals surface area contributed by atoms with Crippen LogP contribution in [-0.2, 0) is 55.2 Å². The van der Waals surface area contributed by atoms with E-state index >= 15 is 0 Å². The molecule has 0 rings (SSSR count). The van der Waals surface area contributed by atoms with Gasteiger partial charge in [-0.15, -0.1) is 0 Å². The van der Waals surface area contributed by atoms with E-state index in [0.717, 1.165) is 12.8 Å². The van der Waals surface area contributed by atoms with Gasteiger partial charge in [-0.05, 0) is 26.7 Å². The van der Waals surface area contributed by atoms with Crippen molar-refractivity contribution in [1.82, 2.24) is 0 Å². The van der Waals surface area contributed by atoms with Crippen molar-refractivity contribution in [3.8, 4) is 0 Å². The topological polar surface area (TPSA) is 105 Å².